The van der Waals surface area contributed by atoms with Gasteiger partial charge in [0.05, 0.1) is 12.2 Å². The van der Waals surface area contributed by atoms with E-state index in [2.05, 4.69) is 15.7 Å². The van der Waals surface area contributed by atoms with Crippen molar-refractivity contribution in [3.05, 3.63) is 65.9 Å². The van der Waals surface area contributed by atoms with E-state index in [0.29, 0.717) is 22.7 Å². The first-order valence-electron chi connectivity index (χ1n) is 9.57. The van der Waals surface area contributed by atoms with Gasteiger partial charge in [-0.25, -0.2) is 4.68 Å². The smallest absolute Gasteiger partial charge is 0.410 e. The van der Waals surface area contributed by atoms with E-state index >= 15 is 0 Å². The molecule has 3 aromatic rings. The SMILES string of the molecule is O=C(Nc1ccc2c(c1)OCO2)c1cnn2c1N[C@H](c1ccccc1)C[C@H]2C(F)(F)F. The highest BCUT2D eigenvalue weighted by molar-refractivity contribution is 6.07. The fourth-order valence-corrected chi connectivity index (χ4v) is 3.81. The normalized spacial score (nSPS) is 19.5. The Hall–Kier alpha value is -3.69. The molecule has 1 amide bonds. The molecule has 0 unspecified atom stereocenters. The minimum Gasteiger partial charge on any atom is -0.454 e. The Balaban J connectivity index is 1.46. The Kier molecular flexibility index (Phi) is 4.49. The van der Waals surface area contributed by atoms with E-state index in [-0.39, 0.29) is 24.6 Å². The molecule has 10 heteroatoms. The maximum Gasteiger partial charge on any atom is 0.410 e. The Labute approximate surface area is 174 Å². The molecule has 2 atom stereocenters. The highest BCUT2D eigenvalue weighted by Gasteiger charge is 2.47. The zero-order chi connectivity index (χ0) is 21.6. The summed E-state index contributed by atoms with van der Waals surface area (Å²) in [7, 11) is 0. The third-order valence-electron chi connectivity index (χ3n) is 5.32. The van der Waals surface area contributed by atoms with E-state index in [1.54, 1.807) is 48.5 Å². The molecule has 160 valence electrons. The first kappa shape index (κ1) is 19.3. The van der Waals surface area contributed by atoms with Crippen LogP contribution in [0.15, 0.2) is 54.7 Å². The molecule has 3 heterocycles. The van der Waals surface area contributed by atoms with Crippen LogP contribution in [0.4, 0.5) is 24.7 Å². The number of nitrogens with one attached hydrogen (secondary N) is 2. The summed E-state index contributed by atoms with van der Waals surface area (Å²) < 4.78 is 52.7. The fraction of sp³-hybridized carbons (Fsp3) is 0.238. The van der Waals surface area contributed by atoms with Crippen LogP contribution >= 0.6 is 0 Å². The zero-order valence-electron chi connectivity index (χ0n) is 16.0. The summed E-state index contributed by atoms with van der Waals surface area (Å²) in [6.45, 7) is 0.0906. The predicted octanol–water partition coefficient (Wildman–Crippen LogP) is 4.52. The number of benzene rings is 2. The summed E-state index contributed by atoms with van der Waals surface area (Å²) in [5.41, 5.74) is 1.15. The first-order chi connectivity index (χ1) is 14.9. The average Bonchev–Trinajstić information content (AvgIpc) is 3.39. The summed E-state index contributed by atoms with van der Waals surface area (Å²) in [5, 5.41) is 9.63. The molecule has 1 aromatic heterocycles. The predicted molar refractivity (Wildman–Crippen MR) is 105 cm³/mol. The van der Waals surface area contributed by atoms with Gasteiger partial charge in [0.1, 0.15) is 11.4 Å². The lowest BCUT2D eigenvalue weighted by molar-refractivity contribution is -0.173. The number of alkyl halides is 3. The molecule has 0 bridgehead atoms. The van der Waals surface area contributed by atoms with E-state index in [9.17, 15) is 18.0 Å². The van der Waals surface area contributed by atoms with Crippen molar-refractivity contribution < 1.29 is 27.4 Å². The monoisotopic (exact) mass is 430 g/mol. The molecule has 31 heavy (non-hydrogen) atoms. The minimum absolute atomic E-state index is 0.0209. The molecule has 2 N–H and O–H groups in total. The number of halogens is 3. The molecule has 0 fully saturated rings. The summed E-state index contributed by atoms with van der Waals surface area (Å²) in [5.74, 6) is 0.485. The van der Waals surface area contributed by atoms with Crippen molar-refractivity contribution in [2.75, 3.05) is 17.4 Å². The third kappa shape index (κ3) is 3.54. The van der Waals surface area contributed by atoms with Crippen LogP contribution in [0.3, 0.4) is 0 Å². The largest absolute Gasteiger partial charge is 0.454 e. The maximum absolute atomic E-state index is 13.8. The van der Waals surface area contributed by atoms with Crippen molar-refractivity contribution in [2.45, 2.75) is 24.7 Å². The number of ether oxygens (including phenoxy) is 2. The van der Waals surface area contributed by atoms with Crippen LogP contribution in [0.25, 0.3) is 0 Å². The van der Waals surface area contributed by atoms with Crippen LogP contribution in [0.2, 0.25) is 0 Å². The highest BCUT2D eigenvalue weighted by atomic mass is 19.4. The standard InChI is InChI=1S/C21H17F3N4O3/c22-21(23,24)18-9-15(12-4-2-1-3-5-12)27-19-14(10-25-28(18)19)20(29)26-13-6-7-16-17(8-13)31-11-30-16/h1-8,10,15,18,27H,9,11H2,(H,26,29)/t15-,18-/m0/s1. The summed E-state index contributed by atoms with van der Waals surface area (Å²) in [6, 6.07) is 11.2. The lowest BCUT2D eigenvalue weighted by Gasteiger charge is -2.34. The summed E-state index contributed by atoms with van der Waals surface area (Å²) in [4.78, 5) is 12.9. The number of fused-ring (bicyclic) bond motifs is 2. The van der Waals surface area contributed by atoms with Crippen molar-refractivity contribution >= 4 is 17.4 Å². The topological polar surface area (TPSA) is 77.4 Å². The van der Waals surface area contributed by atoms with Gasteiger partial charge >= 0.3 is 6.18 Å². The van der Waals surface area contributed by atoms with E-state index in [1.807, 2.05) is 0 Å². The lowest BCUT2D eigenvalue weighted by atomic mass is 9.96. The number of carbonyl (C=O) groups excluding carboxylic acids is 1. The molecule has 0 spiro atoms. The van der Waals surface area contributed by atoms with E-state index in [1.165, 1.54) is 0 Å². The second-order valence-electron chi connectivity index (χ2n) is 7.27. The van der Waals surface area contributed by atoms with Gasteiger partial charge in [0.2, 0.25) is 6.79 Å². The number of rotatable bonds is 3. The second-order valence-corrected chi connectivity index (χ2v) is 7.27. The van der Waals surface area contributed by atoms with Gasteiger partial charge in [-0.1, -0.05) is 30.3 Å². The van der Waals surface area contributed by atoms with Gasteiger partial charge in [0.25, 0.3) is 5.91 Å². The van der Waals surface area contributed by atoms with Gasteiger partial charge in [0, 0.05) is 18.2 Å². The van der Waals surface area contributed by atoms with Crippen LogP contribution in [0, 0.1) is 0 Å². The van der Waals surface area contributed by atoms with Gasteiger partial charge in [-0.3, -0.25) is 4.79 Å². The number of hydrogen-bond acceptors (Lipinski definition) is 5. The molecule has 5 rings (SSSR count). The average molecular weight is 430 g/mol. The quantitative estimate of drug-likeness (QED) is 0.639. The fourth-order valence-electron chi connectivity index (χ4n) is 3.81. The second kappa shape index (κ2) is 7.22. The number of hydrogen-bond donors (Lipinski definition) is 2. The molecule has 0 aliphatic carbocycles. The minimum atomic E-state index is -4.51. The van der Waals surface area contributed by atoms with Gasteiger partial charge in [0.15, 0.2) is 17.5 Å². The van der Waals surface area contributed by atoms with E-state index in [0.717, 1.165) is 10.9 Å². The van der Waals surface area contributed by atoms with E-state index < -0.39 is 24.2 Å². The number of amides is 1. The van der Waals surface area contributed by atoms with Crippen molar-refractivity contribution in [1.82, 2.24) is 9.78 Å². The van der Waals surface area contributed by atoms with Crippen molar-refractivity contribution in [3.8, 4) is 11.5 Å². The molecule has 7 nitrogen and oxygen atoms in total. The molecule has 0 saturated carbocycles. The van der Waals surface area contributed by atoms with E-state index in [4.69, 9.17) is 9.47 Å². The van der Waals surface area contributed by atoms with Gasteiger partial charge in [-0.05, 0) is 17.7 Å². The van der Waals surface area contributed by atoms with Crippen LogP contribution in [-0.2, 0) is 0 Å². The number of nitrogens with zero attached hydrogens (tertiary/aromatic N) is 2. The van der Waals surface area contributed by atoms with Crippen LogP contribution < -0.4 is 20.1 Å². The van der Waals surface area contributed by atoms with Gasteiger partial charge in [-0.2, -0.15) is 18.3 Å². The number of aromatic nitrogens is 2. The zero-order valence-corrected chi connectivity index (χ0v) is 16.0. The Morgan fingerprint density at radius 3 is 2.68 bits per heavy atom. The highest BCUT2D eigenvalue weighted by Crippen LogP contribution is 2.44. The van der Waals surface area contributed by atoms with Crippen molar-refractivity contribution in [3.63, 3.8) is 0 Å². The first-order valence-corrected chi connectivity index (χ1v) is 9.57. The Bertz CT molecular complexity index is 1130. The van der Waals surface area contributed by atoms with Gasteiger partial charge in [-0.15, -0.1) is 0 Å². The number of carbonyl (C=O) groups is 1. The number of anilines is 2. The molecular weight excluding hydrogens is 413 g/mol. The molecular formula is C21H17F3N4O3. The molecule has 0 radical (unpaired) electrons. The summed E-state index contributed by atoms with van der Waals surface area (Å²) in [6.07, 6.45) is -3.59. The third-order valence-corrected chi connectivity index (χ3v) is 5.32. The van der Waals surface area contributed by atoms with Crippen molar-refractivity contribution in [2.24, 2.45) is 0 Å². The molecule has 0 saturated heterocycles. The molecule has 2 aliphatic heterocycles. The molecule has 2 aromatic carbocycles. The van der Waals surface area contributed by atoms with Gasteiger partial charge < -0.3 is 20.1 Å². The molecule has 2 aliphatic rings. The van der Waals surface area contributed by atoms with Crippen LogP contribution in [-0.4, -0.2) is 28.7 Å². The maximum atomic E-state index is 13.8. The van der Waals surface area contributed by atoms with Crippen LogP contribution in [0.1, 0.15) is 34.4 Å². The summed E-state index contributed by atoms with van der Waals surface area (Å²) >= 11 is 0. The van der Waals surface area contributed by atoms with Crippen molar-refractivity contribution in [1.29, 1.82) is 0 Å². The lowest BCUT2D eigenvalue weighted by Crippen LogP contribution is -2.36. The Morgan fingerprint density at radius 2 is 1.90 bits per heavy atom. The Morgan fingerprint density at radius 1 is 1.13 bits per heavy atom. The van der Waals surface area contributed by atoms with Crippen LogP contribution in [0.5, 0.6) is 11.5 Å².